The van der Waals surface area contributed by atoms with E-state index < -0.39 is 0 Å². The lowest BCUT2D eigenvalue weighted by atomic mass is 10.2. The van der Waals surface area contributed by atoms with Crippen molar-refractivity contribution in [3.8, 4) is 0 Å². The van der Waals surface area contributed by atoms with Gasteiger partial charge >= 0.3 is 5.97 Å². The zero-order valence-corrected chi connectivity index (χ0v) is 10.5. The fraction of sp³-hybridized carbons (Fsp3) is 0.909. The molecule has 5 nitrogen and oxygen atoms in total. The summed E-state index contributed by atoms with van der Waals surface area (Å²) < 4.78 is 15.0. The third kappa shape index (κ3) is 11.4. The summed E-state index contributed by atoms with van der Waals surface area (Å²) in [5.41, 5.74) is 0. The van der Waals surface area contributed by atoms with Gasteiger partial charge in [-0.3, -0.25) is 4.79 Å². The zero-order valence-electron chi connectivity index (χ0n) is 10.5. The van der Waals surface area contributed by atoms with Gasteiger partial charge in [0.15, 0.2) is 0 Å². The predicted molar refractivity (Wildman–Crippen MR) is 61.4 cm³/mol. The quantitative estimate of drug-likeness (QED) is 0.438. The average Bonchev–Trinajstić information content (AvgIpc) is 2.23. The van der Waals surface area contributed by atoms with Gasteiger partial charge < -0.3 is 19.5 Å². The third-order valence-electron chi connectivity index (χ3n) is 1.69. The van der Waals surface area contributed by atoms with Gasteiger partial charge in [0, 0.05) is 20.3 Å². The van der Waals surface area contributed by atoms with Crippen molar-refractivity contribution in [1.29, 1.82) is 0 Å². The zero-order chi connectivity index (χ0) is 12.2. The second kappa shape index (κ2) is 10.9. The Morgan fingerprint density at radius 3 is 2.62 bits per heavy atom. The van der Waals surface area contributed by atoms with E-state index in [1.807, 2.05) is 0 Å². The number of carbonyl (C=O) groups excluding carboxylic acids is 1. The number of rotatable bonds is 10. The second-order valence-corrected chi connectivity index (χ2v) is 3.86. The molecule has 0 heterocycles. The van der Waals surface area contributed by atoms with Crippen LogP contribution in [0.4, 0.5) is 0 Å². The van der Waals surface area contributed by atoms with Crippen LogP contribution in [0.15, 0.2) is 0 Å². The number of hydrogen-bond acceptors (Lipinski definition) is 5. The molecule has 0 aromatic carbocycles. The summed E-state index contributed by atoms with van der Waals surface area (Å²) in [6, 6.07) is 0. The first-order valence-electron chi connectivity index (χ1n) is 5.59. The predicted octanol–water partition coefficient (Wildman–Crippen LogP) is 0.438. The number of methoxy groups -OCH3 is 1. The maximum atomic E-state index is 11.1. The molecule has 0 bridgehead atoms. The molecule has 0 aliphatic carbocycles. The molecular weight excluding hydrogens is 210 g/mol. The highest BCUT2D eigenvalue weighted by molar-refractivity contribution is 5.71. The van der Waals surface area contributed by atoms with Crippen LogP contribution >= 0.6 is 0 Å². The fourth-order valence-electron chi connectivity index (χ4n) is 0.949. The molecule has 0 atom stereocenters. The van der Waals surface area contributed by atoms with E-state index in [1.165, 1.54) is 0 Å². The monoisotopic (exact) mass is 233 g/mol. The fourth-order valence-corrected chi connectivity index (χ4v) is 0.949. The van der Waals surface area contributed by atoms with Crippen molar-refractivity contribution in [2.45, 2.75) is 13.8 Å². The molecule has 0 saturated heterocycles. The van der Waals surface area contributed by atoms with Gasteiger partial charge in [0.25, 0.3) is 0 Å². The van der Waals surface area contributed by atoms with Crippen LogP contribution in [0.5, 0.6) is 0 Å². The highest BCUT2D eigenvalue weighted by atomic mass is 16.6. The van der Waals surface area contributed by atoms with Gasteiger partial charge in [-0.1, -0.05) is 13.8 Å². The number of nitrogens with one attached hydrogen (secondary N) is 1. The maximum absolute atomic E-state index is 11.1. The van der Waals surface area contributed by atoms with Gasteiger partial charge in [-0.05, 0) is 5.92 Å². The number of hydrogen-bond donors (Lipinski definition) is 1. The average molecular weight is 233 g/mol. The molecule has 0 saturated carbocycles. The topological polar surface area (TPSA) is 56.8 Å². The van der Waals surface area contributed by atoms with E-state index in [2.05, 4.69) is 19.2 Å². The molecule has 0 fully saturated rings. The number of esters is 1. The van der Waals surface area contributed by atoms with Crippen LogP contribution in [0.2, 0.25) is 0 Å². The van der Waals surface area contributed by atoms with Crippen molar-refractivity contribution in [3.63, 3.8) is 0 Å². The van der Waals surface area contributed by atoms with E-state index >= 15 is 0 Å². The highest BCUT2D eigenvalue weighted by Gasteiger charge is 2.01. The van der Waals surface area contributed by atoms with Gasteiger partial charge in [0.1, 0.15) is 6.61 Å². The standard InChI is InChI=1S/C11H23NO4/c1-10(2)9-15-6-7-16-11(13)8-12-4-5-14-3/h10,12H,4-9H2,1-3H3. The Labute approximate surface area is 97.4 Å². The molecule has 0 unspecified atom stereocenters. The molecule has 0 aliphatic rings. The Kier molecular flexibility index (Phi) is 10.4. The van der Waals surface area contributed by atoms with Crippen molar-refractivity contribution in [2.75, 3.05) is 46.6 Å². The molecule has 0 aliphatic heterocycles. The SMILES string of the molecule is COCCNCC(=O)OCCOCC(C)C. The Balaban J connectivity index is 3.17. The smallest absolute Gasteiger partial charge is 0.320 e. The molecule has 5 heteroatoms. The first-order valence-corrected chi connectivity index (χ1v) is 5.59. The minimum atomic E-state index is -0.260. The van der Waals surface area contributed by atoms with Crippen molar-refractivity contribution in [1.82, 2.24) is 5.32 Å². The number of carbonyl (C=O) groups is 1. The lowest BCUT2D eigenvalue weighted by Crippen LogP contribution is -2.28. The van der Waals surface area contributed by atoms with Crippen molar-refractivity contribution in [3.05, 3.63) is 0 Å². The largest absolute Gasteiger partial charge is 0.462 e. The molecule has 16 heavy (non-hydrogen) atoms. The van der Waals surface area contributed by atoms with Crippen LogP contribution < -0.4 is 5.32 Å². The van der Waals surface area contributed by atoms with Gasteiger partial charge in [0.2, 0.25) is 0 Å². The molecular formula is C11H23NO4. The summed E-state index contributed by atoms with van der Waals surface area (Å²) >= 11 is 0. The first-order chi connectivity index (χ1) is 7.66. The van der Waals surface area contributed by atoms with Gasteiger partial charge in [-0.2, -0.15) is 0 Å². The van der Waals surface area contributed by atoms with E-state index in [0.717, 1.165) is 0 Å². The normalized spacial score (nSPS) is 10.8. The lowest BCUT2D eigenvalue weighted by molar-refractivity contribution is -0.144. The van der Waals surface area contributed by atoms with E-state index in [0.29, 0.717) is 38.9 Å². The van der Waals surface area contributed by atoms with E-state index in [9.17, 15) is 4.79 Å². The van der Waals surface area contributed by atoms with Crippen LogP contribution in [0.1, 0.15) is 13.8 Å². The summed E-state index contributed by atoms with van der Waals surface area (Å²) in [7, 11) is 1.62. The van der Waals surface area contributed by atoms with E-state index in [4.69, 9.17) is 14.2 Å². The summed E-state index contributed by atoms with van der Waals surface area (Å²) in [4.78, 5) is 11.1. The van der Waals surface area contributed by atoms with Crippen LogP contribution in [0, 0.1) is 5.92 Å². The molecule has 0 radical (unpaired) electrons. The maximum Gasteiger partial charge on any atom is 0.320 e. The summed E-state index contributed by atoms with van der Waals surface area (Å²) in [6.45, 7) is 7.08. The van der Waals surface area contributed by atoms with Crippen LogP contribution in [0.25, 0.3) is 0 Å². The summed E-state index contributed by atoms with van der Waals surface area (Å²) in [5.74, 6) is 0.246. The number of ether oxygens (including phenoxy) is 3. The lowest BCUT2D eigenvalue weighted by Gasteiger charge is -2.08. The van der Waals surface area contributed by atoms with Crippen molar-refractivity contribution in [2.24, 2.45) is 5.92 Å². The van der Waals surface area contributed by atoms with Crippen LogP contribution in [0.3, 0.4) is 0 Å². The Hall–Kier alpha value is -0.650. The van der Waals surface area contributed by atoms with Gasteiger partial charge in [-0.15, -0.1) is 0 Å². The van der Waals surface area contributed by atoms with Gasteiger partial charge in [-0.25, -0.2) is 0 Å². The summed E-state index contributed by atoms with van der Waals surface area (Å²) in [5, 5.41) is 2.90. The first kappa shape index (κ1) is 15.3. The van der Waals surface area contributed by atoms with Gasteiger partial charge in [0.05, 0.1) is 19.8 Å². The summed E-state index contributed by atoms with van der Waals surface area (Å²) in [6.07, 6.45) is 0. The Morgan fingerprint density at radius 1 is 1.25 bits per heavy atom. The second-order valence-electron chi connectivity index (χ2n) is 3.86. The Bertz CT molecular complexity index is 173. The molecule has 0 aromatic heterocycles. The van der Waals surface area contributed by atoms with Crippen molar-refractivity contribution < 1.29 is 19.0 Å². The molecule has 96 valence electrons. The van der Waals surface area contributed by atoms with Crippen LogP contribution in [-0.4, -0.2) is 52.6 Å². The van der Waals surface area contributed by atoms with Crippen molar-refractivity contribution >= 4 is 5.97 Å². The Morgan fingerprint density at radius 2 is 2.00 bits per heavy atom. The molecule has 1 N–H and O–H groups in total. The minimum absolute atomic E-state index is 0.216. The molecule has 0 amide bonds. The molecule has 0 spiro atoms. The third-order valence-corrected chi connectivity index (χ3v) is 1.69. The minimum Gasteiger partial charge on any atom is -0.462 e. The van der Waals surface area contributed by atoms with E-state index in [1.54, 1.807) is 7.11 Å². The van der Waals surface area contributed by atoms with E-state index in [-0.39, 0.29) is 12.5 Å². The molecule has 0 rings (SSSR count). The molecule has 0 aromatic rings. The highest BCUT2D eigenvalue weighted by Crippen LogP contribution is 1.91. The van der Waals surface area contributed by atoms with Crippen LogP contribution in [-0.2, 0) is 19.0 Å².